The second kappa shape index (κ2) is 9.89. The molecule has 3 rings (SSSR count). The lowest BCUT2D eigenvalue weighted by atomic mass is 10.1. The van der Waals surface area contributed by atoms with E-state index in [1.165, 1.54) is 17.3 Å². The highest BCUT2D eigenvalue weighted by atomic mass is 79.9. The Bertz CT molecular complexity index is 912. The fourth-order valence-electron chi connectivity index (χ4n) is 2.81. The average Bonchev–Trinajstić information content (AvgIpc) is 3.10. The number of carbonyl (C=O) groups excluding carboxylic acids is 1. The van der Waals surface area contributed by atoms with E-state index in [9.17, 15) is 4.79 Å². The molecule has 1 N–H and O–H groups in total. The number of carbonyl (C=O) groups is 1. The number of nitrogens with one attached hydrogen (secondary N) is 1. The van der Waals surface area contributed by atoms with Crippen molar-refractivity contribution < 1.29 is 4.79 Å². The Morgan fingerprint density at radius 2 is 1.86 bits per heavy atom. The molecule has 0 aliphatic heterocycles. The molecule has 7 heteroatoms. The van der Waals surface area contributed by atoms with Gasteiger partial charge < -0.3 is 9.88 Å². The highest BCUT2D eigenvalue weighted by Crippen LogP contribution is 2.28. The maximum Gasteiger partial charge on any atom is 0.233 e. The van der Waals surface area contributed by atoms with Crippen LogP contribution < -0.4 is 5.32 Å². The number of benzene rings is 2. The summed E-state index contributed by atoms with van der Waals surface area (Å²) in [6.45, 7) is 5.18. The van der Waals surface area contributed by atoms with Crippen molar-refractivity contribution in [2.45, 2.75) is 37.2 Å². The van der Waals surface area contributed by atoms with Crippen LogP contribution in [-0.2, 0) is 17.8 Å². The smallest absolute Gasteiger partial charge is 0.233 e. The topological polar surface area (TPSA) is 59.8 Å². The minimum Gasteiger partial charge on any atom is -0.355 e. The molecule has 1 amide bonds. The van der Waals surface area contributed by atoms with E-state index in [-0.39, 0.29) is 11.2 Å². The van der Waals surface area contributed by atoms with Gasteiger partial charge >= 0.3 is 0 Å². The van der Waals surface area contributed by atoms with Gasteiger partial charge in [0.05, 0.1) is 5.25 Å². The maximum atomic E-state index is 12.2. The van der Waals surface area contributed by atoms with Gasteiger partial charge in [0.2, 0.25) is 5.91 Å². The van der Waals surface area contributed by atoms with Gasteiger partial charge in [0.25, 0.3) is 0 Å². The molecule has 0 saturated carbocycles. The van der Waals surface area contributed by atoms with Crippen LogP contribution in [0.5, 0.6) is 0 Å². The van der Waals surface area contributed by atoms with Crippen molar-refractivity contribution in [1.29, 1.82) is 0 Å². The van der Waals surface area contributed by atoms with Crippen molar-refractivity contribution in [3.63, 3.8) is 0 Å². The van der Waals surface area contributed by atoms with Crippen molar-refractivity contribution in [2.75, 3.05) is 6.54 Å². The number of aromatic nitrogens is 3. The largest absolute Gasteiger partial charge is 0.355 e. The van der Waals surface area contributed by atoms with E-state index < -0.39 is 0 Å². The van der Waals surface area contributed by atoms with Crippen LogP contribution in [-0.4, -0.2) is 32.5 Å². The second-order valence-corrected chi connectivity index (χ2v) is 8.58. The first kappa shape index (κ1) is 20.6. The van der Waals surface area contributed by atoms with Gasteiger partial charge in [-0.2, -0.15) is 0 Å². The Kier molecular flexibility index (Phi) is 7.28. The summed E-state index contributed by atoms with van der Waals surface area (Å²) in [6, 6.07) is 18.4. The summed E-state index contributed by atoms with van der Waals surface area (Å²) in [5, 5.41) is 12.2. The zero-order chi connectivity index (χ0) is 19.9. The molecule has 2 aromatic carbocycles. The third kappa shape index (κ3) is 5.23. The minimum absolute atomic E-state index is 0.00954. The quantitative estimate of drug-likeness (QED) is 0.502. The average molecular weight is 459 g/mol. The number of thioether (sulfide) groups is 1. The van der Waals surface area contributed by atoms with E-state index in [2.05, 4.69) is 48.1 Å². The van der Waals surface area contributed by atoms with E-state index in [1.807, 2.05) is 56.3 Å². The van der Waals surface area contributed by atoms with Gasteiger partial charge in [-0.1, -0.05) is 70.2 Å². The molecule has 1 aromatic heterocycles. The van der Waals surface area contributed by atoms with Crippen molar-refractivity contribution in [3.05, 3.63) is 64.6 Å². The predicted octanol–water partition coefficient (Wildman–Crippen LogP) is 4.57. The lowest BCUT2D eigenvalue weighted by Crippen LogP contribution is -2.30. The molecule has 0 aliphatic carbocycles. The lowest BCUT2D eigenvalue weighted by molar-refractivity contribution is -0.120. The molecule has 0 fully saturated rings. The minimum atomic E-state index is -0.239. The Hall–Kier alpha value is -2.12. The zero-order valence-corrected chi connectivity index (χ0v) is 18.3. The van der Waals surface area contributed by atoms with Gasteiger partial charge in [-0.15, -0.1) is 10.2 Å². The first-order valence-electron chi connectivity index (χ1n) is 9.26. The van der Waals surface area contributed by atoms with Crippen LogP contribution in [0.1, 0.15) is 19.4 Å². The molecule has 1 atom stereocenters. The Morgan fingerprint density at radius 1 is 1.14 bits per heavy atom. The zero-order valence-electron chi connectivity index (χ0n) is 15.9. The van der Waals surface area contributed by atoms with E-state index >= 15 is 0 Å². The number of rotatable bonds is 8. The monoisotopic (exact) mass is 458 g/mol. The van der Waals surface area contributed by atoms with Gasteiger partial charge in [0.15, 0.2) is 11.0 Å². The van der Waals surface area contributed by atoms with Crippen LogP contribution in [0.25, 0.3) is 11.4 Å². The van der Waals surface area contributed by atoms with E-state index in [0.717, 1.165) is 34.0 Å². The summed E-state index contributed by atoms with van der Waals surface area (Å²) in [5.41, 5.74) is 2.26. The molecule has 0 spiro atoms. The molecule has 146 valence electrons. The molecule has 1 unspecified atom stereocenters. The van der Waals surface area contributed by atoms with Gasteiger partial charge in [-0.05, 0) is 38.0 Å². The molecule has 28 heavy (non-hydrogen) atoms. The molecular weight excluding hydrogens is 436 g/mol. The second-order valence-electron chi connectivity index (χ2n) is 6.35. The molecule has 0 saturated heterocycles. The molecule has 1 heterocycles. The van der Waals surface area contributed by atoms with Crippen LogP contribution in [0.4, 0.5) is 0 Å². The van der Waals surface area contributed by atoms with Gasteiger partial charge in [-0.3, -0.25) is 4.79 Å². The van der Waals surface area contributed by atoms with Crippen molar-refractivity contribution in [1.82, 2.24) is 20.1 Å². The standard InChI is InChI=1S/C21H23BrN4OS/c1-3-23-20(27)15(2)28-21-25-24-19(17-9-11-18(22)12-10-17)26(21)14-13-16-7-5-4-6-8-16/h4-12,15H,3,13-14H2,1-2H3,(H,23,27). The van der Waals surface area contributed by atoms with Gasteiger partial charge in [-0.25, -0.2) is 0 Å². The summed E-state index contributed by atoms with van der Waals surface area (Å²) < 4.78 is 3.13. The van der Waals surface area contributed by atoms with Crippen molar-refractivity contribution in [3.8, 4) is 11.4 Å². The van der Waals surface area contributed by atoms with E-state index in [0.29, 0.717) is 6.54 Å². The van der Waals surface area contributed by atoms with Crippen molar-refractivity contribution >= 4 is 33.6 Å². The first-order chi connectivity index (χ1) is 13.6. The third-order valence-corrected chi connectivity index (χ3v) is 5.90. The summed E-state index contributed by atoms with van der Waals surface area (Å²) in [5.74, 6) is 0.823. The summed E-state index contributed by atoms with van der Waals surface area (Å²) in [6.07, 6.45) is 0.867. The highest BCUT2D eigenvalue weighted by molar-refractivity contribution is 9.10. The van der Waals surface area contributed by atoms with Crippen LogP contribution in [0.2, 0.25) is 0 Å². The molecule has 0 bridgehead atoms. The summed E-state index contributed by atoms with van der Waals surface area (Å²) >= 11 is 4.92. The fourth-order valence-corrected chi connectivity index (χ4v) is 3.97. The number of hydrogen-bond donors (Lipinski definition) is 1. The van der Waals surface area contributed by atoms with E-state index in [1.54, 1.807) is 0 Å². The lowest BCUT2D eigenvalue weighted by Gasteiger charge is -2.13. The molecule has 5 nitrogen and oxygen atoms in total. The SMILES string of the molecule is CCNC(=O)C(C)Sc1nnc(-c2ccc(Br)cc2)n1CCc1ccccc1. The number of halogens is 1. The molecule has 0 aliphatic rings. The first-order valence-corrected chi connectivity index (χ1v) is 10.9. The molecule has 0 radical (unpaired) electrons. The number of hydrogen-bond acceptors (Lipinski definition) is 4. The van der Waals surface area contributed by atoms with Gasteiger partial charge in [0, 0.05) is 23.1 Å². The summed E-state index contributed by atoms with van der Waals surface area (Å²) in [4.78, 5) is 12.2. The van der Waals surface area contributed by atoms with E-state index in [4.69, 9.17) is 0 Å². The van der Waals surface area contributed by atoms with Gasteiger partial charge in [0.1, 0.15) is 0 Å². The number of aryl methyl sites for hydroxylation is 1. The van der Waals surface area contributed by atoms with Crippen LogP contribution in [0, 0.1) is 0 Å². The number of amides is 1. The van der Waals surface area contributed by atoms with Crippen LogP contribution in [0.15, 0.2) is 64.2 Å². The Labute approximate surface area is 178 Å². The normalized spacial score (nSPS) is 12.0. The molecule has 3 aromatic rings. The van der Waals surface area contributed by atoms with Crippen LogP contribution >= 0.6 is 27.7 Å². The fraction of sp³-hybridized carbons (Fsp3) is 0.286. The maximum absolute atomic E-state index is 12.2. The highest BCUT2D eigenvalue weighted by Gasteiger charge is 2.20. The molecular formula is C21H23BrN4OS. The Balaban J connectivity index is 1.88. The van der Waals surface area contributed by atoms with Crippen LogP contribution in [0.3, 0.4) is 0 Å². The van der Waals surface area contributed by atoms with Crippen molar-refractivity contribution in [2.24, 2.45) is 0 Å². The Morgan fingerprint density at radius 3 is 2.54 bits per heavy atom. The summed E-state index contributed by atoms with van der Waals surface area (Å²) in [7, 11) is 0. The third-order valence-electron chi connectivity index (χ3n) is 4.29. The predicted molar refractivity (Wildman–Crippen MR) is 117 cm³/mol. The number of nitrogens with zero attached hydrogens (tertiary/aromatic N) is 3.